The second-order valence-corrected chi connectivity index (χ2v) is 4.46. The molecule has 0 saturated carbocycles. The minimum atomic E-state index is 0.0852. The van der Waals surface area contributed by atoms with Crippen molar-refractivity contribution in [3.05, 3.63) is 16.5 Å². The minimum Gasteiger partial charge on any atom is -0.354 e. The van der Waals surface area contributed by atoms with Crippen LogP contribution in [-0.2, 0) is 4.79 Å². The number of rotatable bonds is 1. The van der Waals surface area contributed by atoms with Crippen LogP contribution in [0, 0.1) is 13.8 Å². The van der Waals surface area contributed by atoms with Gasteiger partial charge in [0.05, 0.1) is 0 Å². The number of amides is 1. The predicted molar refractivity (Wildman–Crippen MR) is 66.4 cm³/mol. The molecule has 1 amide bonds. The van der Waals surface area contributed by atoms with E-state index in [-0.39, 0.29) is 5.91 Å². The quantitative estimate of drug-likeness (QED) is 0.762. The van der Waals surface area contributed by atoms with Crippen molar-refractivity contribution in [2.24, 2.45) is 0 Å². The average Bonchev–Trinajstić information content (AvgIpc) is 2.48. The van der Waals surface area contributed by atoms with Crippen molar-refractivity contribution >= 4 is 23.3 Å². The van der Waals surface area contributed by atoms with Gasteiger partial charge in [0.2, 0.25) is 5.91 Å². The third-order valence-corrected chi connectivity index (χ3v) is 3.15. The first-order valence-corrected chi connectivity index (χ1v) is 5.98. The zero-order valence-electron chi connectivity index (χ0n) is 9.96. The summed E-state index contributed by atoms with van der Waals surface area (Å²) in [5.74, 6) is 1.57. The van der Waals surface area contributed by atoms with Crippen LogP contribution in [0.5, 0.6) is 0 Å². The van der Waals surface area contributed by atoms with Crippen LogP contribution >= 0.6 is 11.6 Å². The van der Waals surface area contributed by atoms with E-state index in [2.05, 4.69) is 20.2 Å². The maximum Gasteiger partial charge on any atom is 0.221 e. The van der Waals surface area contributed by atoms with Gasteiger partial charge in [-0.25, -0.2) is 9.97 Å². The Kier molecular flexibility index (Phi) is 3.47. The molecule has 2 rings (SSSR count). The highest BCUT2D eigenvalue weighted by atomic mass is 35.5. The number of anilines is 1. The van der Waals surface area contributed by atoms with Gasteiger partial charge in [-0.05, 0) is 13.8 Å². The van der Waals surface area contributed by atoms with Gasteiger partial charge in [0.25, 0.3) is 0 Å². The van der Waals surface area contributed by atoms with E-state index >= 15 is 0 Å². The molecule has 1 saturated heterocycles. The molecule has 0 atom stereocenters. The van der Waals surface area contributed by atoms with Crippen molar-refractivity contribution in [3.63, 3.8) is 0 Å². The first-order valence-electron chi connectivity index (χ1n) is 5.60. The molecule has 1 aromatic rings. The summed E-state index contributed by atoms with van der Waals surface area (Å²) in [7, 11) is 0. The fourth-order valence-corrected chi connectivity index (χ4v) is 2.07. The second-order valence-electron chi connectivity index (χ2n) is 4.10. The summed E-state index contributed by atoms with van der Waals surface area (Å²) >= 11 is 6.05. The lowest BCUT2D eigenvalue weighted by Crippen LogP contribution is -2.30. The molecular weight excluding hydrogens is 240 g/mol. The number of halogens is 1. The van der Waals surface area contributed by atoms with Gasteiger partial charge in [-0.3, -0.25) is 4.79 Å². The fraction of sp³-hybridized carbons (Fsp3) is 0.545. The monoisotopic (exact) mass is 254 g/mol. The Bertz CT molecular complexity index is 449. The molecular formula is C11H15ClN4O. The summed E-state index contributed by atoms with van der Waals surface area (Å²) in [5.41, 5.74) is 0.867. The Morgan fingerprint density at radius 1 is 1.29 bits per heavy atom. The van der Waals surface area contributed by atoms with Crippen molar-refractivity contribution in [3.8, 4) is 0 Å². The van der Waals surface area contributed by atoms with E-state index in [9.17, 15) is 4.79 Å². The van der Waals surface area contributed by atoms with Gasteiger partial charge >= 0.3 is 0 Å². The summed E-state index contributed by atoms with van der Waals surface area (Å²) in [6, 6.07) is 0. The third kappa shape index (κ3) is 2.66. The Morgan fingerprint density at radius 3 is 2.82 bits per heavy atom. The van der Waals surface area contributed by atoms with E-state index in [0.717, 1.165) is 17.9 Å². The Morgan fingerprint density at radius 2 is 2.06 bits per heavy atom. The van der Waals surface area contributed by atoms with Crippen molar-refractivity contribution in [1.82, 2.24) is 15.3 Å². The van der Waals surface area contributed by atoms with Crippen LogP contribution in [0.25, 0.3) is 0 Å². The van der Waals surface area contributed by atoms with Gasteiger partial charge in [0.15, 0.2) is 0 Å². The van der Waals surface area contributed by atoms with Crippen molar-refractivity contribution in [2.75, 3.05) is 24.5 Å². The number of nitrogens with one attached hydrogen (secondary N) is 1. The van der Waals surface area contributed by atoms with Gasteiger partial charge in [-0.2, -0.15) is 0 Å². The maximum absolute atomic E-state index is 11.3. The Balaban J connectivity index is 2.29. The highest BCUT2D eigenvalue weighted by molar-refractivity contribution is 6.30. The van der Waals surface area contributed by atoms with Crippen LogP contribution in [0.1, 0.15) is 17.8 Å². The van der Waals surface area contributed by atoms with Gasteiger partial charge in [0.1, 0.15) is 16.8 Å². The number of nitrogens with zero attached hydrogens (tertiary/aromatic N) is 3. The average molecular weight is 255 g/mol. The van der Waals surface area contributed by atoms with Crippen LogP contribution in [0.3, 0.4) is 0 Å². The standard InChI is InChI=1S/C11H15ClN4O/c1-7-10(12)14-8(2)15-11(7)16-5-3-9(17)13-4-6-16/h3-6H2,1-2H3,(H,13,17). The smallest absolute Gasteiger partial charge is 0.221 e. The molecule has 5 nitrogen and oxygen atoms in total. The molecule has 1 aliphatic heterocycles. The first kappa shape index (κ1) is 12.1. The number of aryl methyl sites for hydroxylation is 1. The Hall–Kier alpha value is -1.36. The number of hydrogen-bond donors (Lipinski definition) is 1. The zero-order chi connectivity index (χ0) is 12.4. The Labute approximate surface area is 105 Å². The molecule has 0 radical (unpaired) electrons. The van der Waals surface area contributed by atoms with Crippen molar-refractivity contribution in [2.45, 2.75) is 20.3 Å². The van der Waals surface area contributed by atoms with E-state index < -0.39 is 0 Å². The number of aromatic nitrogens is 2. The molecule has 0 unspecified atom stereocenters. The van der Waals surface area contributed by atoms with Crippen LogP contribution in [0.2, 0.25) is 5.15 Å². The molecule has 0 aromatic carbocycles. The fourth-order valence-electron chi connectivity index (χ4n) is 1.87. The minimum absolute atomic E-state index is 0.0852. The topological polar surface area (TPSA) is 58.1 Å². The molecule has 92 valence electrons. The van der Waals surface area contributed by atoms with Crippen molar-refractivity contribution in [1.29, 1.82) is 0 Å². The first-order chi connectivity index (χ1) is 8.08. The van der Waals surface area contributed by atoms with Crippen LogP contribution in [0.15, 0.2) is 0 Å². The van der Waals surface area contributed by atoms with Crippen molar-refractivity contribution < 1.29 is 4.79 Å². The summed E-state index contributed by atoms with van der Waals surface area (Å²) < 4.78 is 0. The van der Waals surface area contributed by atoms with E-state index in [1.807, 2.05) is 13.8 Å². The lowest BCUT2D eigenvalue weighted by Gasteiger charge is -2.23. The van der Waals surface area contributed by atoms with E-state index in [1.165, 1.54) is 0 Å². The zero-order valence-corrected chi connectivity index (χ0v) is 10.7. The summed E-state index contributed by atoms with van der Waals surface area (Å²) in [6.07, 6.45) is 0.486. The molecule has 6 heteroatoms. The maximum atomic E-state index is 11.3. The van der Waals surface area contributed by atoms with Gasteiger partial charge in [-0.15, -0.1) is 0 Å². The third-order valence-electron chi connectivity index (χ3n) is 2.78. The normalized spacial score (nSPS) is 16.6. The lowest BCUT2D eigenvalue weighted by molar-refractivity contribution is -0.120. The lowest BCUT2D eigenvalue weighted by atomic mass is 10.3. The molecule has 0 aliphatic carbocycles. The highest BCUT2D eigenvalue weighted by Gasteiger charge is 2.18. The largest absolute Gasteiger partial charge is 0.354 e. The summed E-state index contributed by atoms with van der Waals surface area (Å²) in [4.78, 5) is 21.9. The van der Waals surface area contributed by atoms with E-state index in [0.29, 0.717) is 30.5 Å². The number of carbonyl (C=O) groups is 1. The molecule has 1 aromatic heterocycles. The van der Waals surface area contributed by atoms with E-state index in [4.69, 9.17) is 11.6 Å². The molecule has 0 bridgehead atoms. The molecule has 17 heavy (non-hydrogen) atoms. The predicted octanol–water partition coefficient (Wildman–Crippen LogP) is 1.07. The SMILES string of the molecule is Cc1nc(Cl)c(C)c(N2CCNC(=O)CC2)n1. The van der Waals surface area contributed by atoms with Gasteiger partial charge in [0, 0.05) is 31.6 Å². The molecule has 1 N–H and O–H groups in total. The summed E-state index contributed by atoms with van der Waals surface area (Å²) in [6.45, 7) is 5.77. The van der Waals surface area contributed by atoms with Gasteiger partial charge in [-0.1, -0.05) is 11.6 Å². The highest BCUT2D eigenvalue weighted by Crippen LogP contribution is 2.23. The molecule has 1 fully saturated rings. The number of hydrogen-bond acceptors (Lipinski definition) is 4. The molecule has 2 heterocycles. The summed E-state index contributed by atoms with van der Waals surface area (Å²) in [5, 5.41) is 3.32. The van der Waals surface area contributed by atoms with Crippen LogP contribution < -0.4 is 10.2 Å². The number of carbonyl (C=O) groups excluding carboxylic acids is 1. The van der Waals surface area contributed by atoms with Crippen LogP contribution in [0.4, 0.5) is 5.82 Å². The van der Waals surface area contributed by atoms with Gasteiger partial charge < -0.3 is 10.2 Å². The van der Waals surface area contributed by atoms with Crippen LogP contribution in [-0.4, -0.2) is 35.5 Å². The molecule has 1 aliphatic rings. The van der Waals surface area contributed by atoms with E-state index in [1.54, 1.807) is 0 Å². The second kappa shape index (κ2) is 4.87. The molecule has 0 spiro atoms.